The average molecular weight is 106 g/mol. The standard InChI is InChI=1S/C6H10O.Li.H/c1-5-6(2,3)7-4;;/h1H,2-4H3;;. The van der Waals surface area contributed by atoms with Gasteiger partial charge in [0.25, 0.3) is 0 Å². The first-order valence-electron chi connectivity index (χ1n) is 2.15. The van der Waals surface area contributed by atoms with Crippen molar-refractivity contribution in [2.75, 3.05) is 7.11 Å². The predicted molar refractivity (Wildman–Crippen MR) is 37.1 cm³/mol. The fourth-order valence-corrected chi connectivity index (χ4v) is 0.0589. The molecule has 0 aromatic heterocycles. The molecule has 0 aliphatic carbocycles. The molecule has 0 aromatic carbocycles. The molecule has 0 unspecified atom stereocenters. The van der Waals surface area contributed by atoms with Crippen LogP contribution in [0.25, 0.3) is 0 Å². The Labute approximate surface area is 63.0 Å². The summed E-state index contributed by atoms with van der Waals surface area (Å²) in [7, 11) is 1.60. The zero-order chi connectivity index (χ0) is 5.91. The number of terminal acetylenes is 1. The van der Waals surface area contributed by atoms with Crippen LogP contribution in [0.4, 0.5) is 0 Å². The molecule has 42 valence electrons. The minimum absolute atomic E-state index is 0. The normalized spacial score (nSPS) is 9.25. The maximum absolute atomic E-state index is 5.04. The SMILES string of the molecule is C#CC(C)(C)OC.[LiH]. The van der Waals surface area contributed by atoms with Crippen molar-refractivity contribution in [2.45, 2.75) is 19.4 Å². The topological polar surface area (TPSA) is 9.23 Å². The van der Waals surface area contributed by atoms with Crippen molar-refractivity contribution in [3.05, 3.63) is 0 Å². The molecule has 1 nitrogen and oxygen atoms in total. The van der Waals surface area contributed by atoms with E-state index < -0.39 is 0 Å². The summed E-state index contributed by atoms with van der Waals surface area (Å²) in [4.78, 5) is 0. The van der Waals surface area contributed by atoms with Crippen molar-refractivity contribution >= 4 is 18.9 Å². The van der Waals surface area contributed by atoms with Gasteiger partial charge in [0.05, 0.1) is 0 Å². The zero-order valence-electron chi connectivity index (χ0n) is 4.99. The van der Waals surface area contributed by atoms with Crippen LogP contribution in [0.15, 0.2) is 0 Å². The number of ether oxygens (including phenoxy) is 1. The van der Waals surface area contributed by atoms with Gasteiger partial charge < -0.3 is 4.74 Å². The minimum atomic E-state index is -0.389. The van der Waals surface area contributed by atoms with Crippen LogP contribution in [0.2, 0.25) is 0 Å². The molecule has 0 atom stereocenters. The van der Waals surface area contributed by atoms with Crippen LogP contribution in [-0.2, 0) is 4.74 Å². The van der Waals surface area contributed by atoms with E-state index in [1.165, 1.54) is 0 Å². The van der Waals surface area contributed by atoms with Crippen molar-refractivity contribution in [3.8, 4) is 12.3 Å². The molecule has 2 heteroatoms. The average Bonchev–Trinajstić information content (AvgIpc) is 1.68. The third kappa shape index (κ3) is 4.28. The third-order valence-electron chi connectivity index (χ3n) is 0.858. The Hall–Kier alpha value is 0.117. The van der Waals surface area contributed by atoms with E-state index in [2.05, 4.69) is 5.92 Å². The van der Waals surface area contributed by atoms with Crippen LogP contribution in [-0.4, -0.2) is 31.6 Å². The molecule has 0 radical (unpaired) electrons. The van der Waals surface area contributed by atoms with E-state index in [1.54, 1.807) is 7.11 Å². The van der Waals surface area contributed by atoms with E-state index >= 15 is 0 Å². The second-order valence-corrected chi connectivity index (χ2v) is 1.86. The summed E-state index contributed by atoms with van der Waals surface area (Å²) in [5.41, 5.74) is -0.389. The van der Waals surface area contributed by atoms with Crippen LogP contribution in [0.1, 0.15) is 13.8 Å². The number of hydrogen-bond acceptors (Lipinski definition) is 1. The molecular weight excluding hydrogens is 95.0 g/mol. The monoisotopic (exact) mass is 106 g/mol. The van der Waals surface area contributed by atoms with Gasteiger partial charge in [0, 0.05) is 7.11 Å². The molecule has 0 aromatic rings. The van der Waals surface area contributed by atoms with Crippen LogP contribution < -0.4 is 0 Å². The molecule has 0 saturated carbocycles. The van der Waals surface area contributed by atoms with Gasteiger partial charge in [-0.15, -0.1) is 6.42 Å². The van der Waals surface area contributed by atoms with Gasteiger partial charge in [-0.1, -0.05) is 5.92 Å². The maximum atomic E-state index is 5.04. The van der Waals surface area contributed by atoms with Crippen molar-refractivity contribution in [2.24, 2.45) is 0 Å². The summed E-state index contributed by atoms with van der Waals surface area (Å²) in [6.07, 6.45) is 5.04. The first-order chi connectivity index (χ1) is 3.12. The van der Waals surface area contributed by atoms with Gasteiger partial charge in [-0.25, -0.2) is 0 Å². The summed E-state index contributed by atoms with van der Waals surface area (Å²) in [6.45, 7) is 3.68. The molecule has 8 heavy (non-hydrogen) atoms. The number of methoxy groups -OCH3 is 1. The van der Waals surface area contributed by atoms with Gasteiger partial charge in [-0.05, 0) is 13.8 Å². The molecular formula is C6H11LiO. The summed E-state index contributed by atoms with van der Waals surface area (Å²) in [5.74, 6) is 2.47. The summed E-state index contributed by atoms with van der Waals surface area (Å²) in [6, 6.07) is 0. The summed E-state index contributed by atoms with van der Waals surface area (Å²) < 4.78 is 4.85. The van der Waals surface area contributed by atoms with E-state index in [1.807, 2.05) is 13.8 Å². The summed E-state index contributed by atoms with van der Waals surface area (Å²) >= 11 is 0. The van der Waals surface area contributed by atoms with Gasteiger partial charge in [0.2, 0.25) is 0 Å². The van der Waals surface area contributed by atoms with Gasteiger partial charge in [0.1, 0.15) is 5.60 Å². The summed E-state index contributed by atoms with van der Waals surface area (Å²) in [5, 5.41) is 0. The van der Waals surface area contributed by atoms with Crippen molar-refractivity contribution < 1.29 is 4.74 Å². The van der Waals surface area contributed by atoms with Crippen LogP contribution >= 0.6 is 0 Å². The van der Waals surface area contributed by atoms with Crippen molar-refractivity contribution in [1.29, 1.82) is 0 Å². The van der Waals surface area contributed by atoms with Crippen molar-refractivity contribution in [1.82, 2.24) is 0 Å². The van der Waals surface area contributed by atoms with Crippen molar-refractivity contribution in [3.63, 3.8) is 0 Å². The van der Waals surface area contributed by atoms with Crippen LogP contribution in [0.5, 0.6) is 0 Å². The first kappa shape index (κ1) is 11.0. The first-order valence-corrected chi connectivity index (χ1v) is 2.15. The van der Waals surface area contributed by atoms with Gasteiger partial charge in [-0.3, -0.25) is 0 Å². The van der Waals surface area contributed by atoms with Gasteiger partial charge in [-0.2, -0.15) is 0 Å². The van der Waals surface area contributed by atoms with E-state index in [9.17, 15) is 0 Å². The molecule has 0 aliphatic heterocycles. The van der Waals surface area contributed by atoms with Crippen LogP contribution in [0, 0.1) is 12.3 Å². The van der Waals surface area contributed by atoms with E-state index in [0.717, 1.165) is 0 Å². The Morgan fingerprint density at radius 3 is 1.88 bits per heavy atom. The molecule has 0 fully saturated rings. The predicted octanol–water partition coefficient (Wildman–Crippen LogP) is 0.396. The second-order valence-electron chi connectivity index (χ2n) is 1.86. The number of rotatable bonds is 1. The Balaban J connectivity index is 0. The quantitative estimate of drug-likeness (QED) is 0.347. The Bertz CT molecular complexity index is 91.2. The molecule has 0 amide bonds. The van der Waals surface area contributed by atoms with E-state index in [0.29, 0.717) is 0 Å². The molecule has 0 aliphatic rings. The third-order valence-corrected chi connectivity index (χ3v) is 0.858. The molecule has 0 saturated heterocycles. The molecule has 0 spiro atoms. The van der Waals surface area contributed by atoms with Crippen LogP contribution in [0.3, 0.4) is 0 Å². The van der Waals surface area contributed by atoms with E-state index in [-0.39, 0.29) is 24.5 Å². The molecule has 0 rings (SSSR count). The Morgan fingerprint density at radius 1 is 1.50 bits per heavy atom. The fraction of sp³-hybridized carbons (Fsp3) is 0.667. The molecule has 0 bridgehead atoms. The number of hydrogen-bond donors (Lipinski definition) is 0. The van der Waals surface area contributed by atoms with Gasteiger partial charge in [0.15, 0.2) is 0 Å². The molecule has 0 N–H and O–H groups in total. The molecule has 0 heterocycles. The zero-order valence-corrected chi connectivity index (χ0v) is 4.99. The van der Waals surface area contributed by atoms with E-state index in [4.69, 9.17) is 11.2 Å². The second kappa shape index (κ2) is 4.04. The van der Waals surface area contributed by atoms with Gasteiger partial charge >= 0.3 is 18.9 Å². The fourth-order valence-electron chi connectivity index (χ4n) is 0.0589. The Kier molecular flexibility index (Phi) is 5.55. The Morgan fingerprint density at radius 2 is 1.88 bits per heavy atom.